The van der Waals surface area contributed by atoms with Gasteiger partial charge in [0, 0.05) is 11.7 Å². The van der Waals surface area contributed by atoms with Crippen LogP contribution >= 0.6 is 0 Å². The van der Waals surface area contributed by atoms with E-state index in [1.54, 1.807) is 24.3 Å². The SMILES string of the molecule is CC[C@@H](C)NC(=O)C1(c2ccc(NS(=O)(=O)c3ccc(OC)cc3)cc2)CC1. The molecule has 150 valence electrons. The van der Waals surface area contributed by atoms with Crippen LogP contribution in [0.15, 0.2) is 53.4 Å². The molecule has 1 aliphatic carbocycles. The van der Waals surface area contributed by atoms with Crippen LogP contribution in [0.5, 0.6) is 5.75 Å². The first-order valence-corrected chi connectivity index (χ1v) is 10.9. The van der Waals surface area contributed by atoms with Crippen molar-refractivity contribution in [3.05, 3.63) is 54.1 Å². The van der Waals surface area contributed by atoms with Crippen molar-refractivity contribution in [2.24, 2.45) is 0 Å². The molecule has 2 aromatic rings. The Morgan fingerprint density at radius 2 is 1.71 bits per heavy atom. The van der Waals surface area contributed by atoms with Gasteiger partial charge in [-0.2, -0.15) is 0 Å². The highest BCUT2D eigenvalue weighted by Crippen LogP contribution is 2.48. The zero-order valence-corrected chi connectivity index (χ0v) is 17.2. The molecule has 0 spiro atoms. The van der Waals surface area contributed by atoms with E-state index in [4.69, 9.17) is 4.74 Å². The van der Waals surface area contributed by atoms with Gasteiger partial charge in [-0.25, -0.2) is 8.42 Å². The quantitative estimate of drug-likeness (QED) is 0.708. The van der Waals surface area contributed by atoms with Crippen LogP contribution in [0.2, 0.25) is 0 Å². The van der Waals surface area contributed by atoms with Gasteiger partial charge in [0.2, 0.25) is 5.91 Å². The van der Waals surface area contributed by atoms with Gasteiger partial charge in [0.05, 0.1) is 17.4 Å². The van der Waals surface area contributed by atoms with E-state index >= 15 is 0 Å². The van der Waals surface area contributed by atoms with Crippen molar-refractivity contribution in [1.82, 2.24) is 5.32 Å². The second-order valence-electron chi connectivity index (χ2n) is 7.22. The van der Waals surface area contributed by atoms with Gasteiger partial charge < -0.3 is 10.1 Å². The Morgan fingerprint density at radius 1 is 1.11 bits per heavy atom. The van der Waals surface area contributed by atoms with Crippen LogP contribution in [0.3, 0.4) is 0 Å². The molecule has 0 unspecified atom stereocenters. The second-order valence-corrected chi connectivity index (χ2v) is 8.91. The van der Waals surface area contributed by atoms with E-state index in [9.17, 15) is 13.2 Å². The molecule has 0 bridgehead atoms. The normalized spacial score (nSPS) is 16.1. The van der Waals surface area contributed by atoms with E-state index in [0.29, 0.717) is 11.4 Å². The minimum atomic E-state index is -3.69. The lowest BCUT2D eigenvalue weighted by atomic mass is 9.94. The zero-order chi connectivity index (χ0) is 20.4. The predicted molar refractivity (Wildman–Crippen MR) is 109 cm³/mol. The number of anilines is 1. The molecule has 0 saturated heterocycles. The molecule has 1 amide bonds. The molecule has 1 aliphatic rings. The summed E-state index contributed by atoms with van der Waals surface area (Å²) in [5, 5.41) is 3.05. The maximum atomic E-state index is 12.6. The number of rotatable bonds is 8. The number of nitrogens with one attached hydrogen (secondary N) is 2. The van der Waals surface area contributed by atoms with Gasteiger partial charge >= 0.3 is 0 Å². The van der Waals surface area contributed by atoms with Gasteiger partial charge in [0.1, 0.15) is 5.75 Å². The lowest BCUT2D eigenvalue weighted by Gasteiger charge is -2.19. The molecule has 0 aliphatic heterocycles. The van der Waals surface area contributed by atoms with Crippen LogP contribution in [-0.2, 0) is 20.2 Å². The van der Waals surface area contributed by atoms with Crippen molar-refractivity contribution < 1.29 is 17.9 Å². The first kappa shape index (κ1) is 20.2. The fourth-order valence-electron chi connectivity index (χ4n) is 3.06. The number of benzene rings is 2. The standard InChI is InChI=1S/C21H26N2O4S/c1-4-15(2)22-20(24)21(13-14-21)16-5-7-17(8-6-16)23-28(25,26)19-11-9-18(27-3)10-12-19/h5-12,15,23H,4,13-14H2,1-3H3,(H,22,24)/t15-/m1/s1. The Labute approximate surface area is 166 Å². The van der Waals surface area contributed by atoms with Crippen molar-refractivity contribution in [3.8, 4) is 5.75 Å². The Bertz CT molecular complexity index is 933. The van der Waals surface area contributed by atoms with Crippen LogP contribution < -0.4 is 14.8 Å². The minimum Gasteiger partial charge on any atom is -0.497 e. The Hall–Kier alpha value is -2.54. The number of ether oxygens (including phenoxy) is 1. The highest BCUT2D eigenvalue weighted by atomic mass is 32.2. The monoisotopic (exact) mass is 402 g/mol. The highest BCUT2D eigenvalue weighted by Gasteiger charge is 2.51. The molecular formula is C21H26N2O4S. The summed E-state index contributed by atoms with van der Waals surface area (Å²) >= 11 is 0. The van der Waals surface area contributed by atoms with Crippen LogP contribution in [0.4, 0.5) is 5.69 Å². The molecule has 0 aromatic heterocycles. The fourth-order valence-corrected chi connectivity index (χ4v) is 4.12. The minimum absolute atomic E-state index is 0.0495. The Balaban J connectivity index is 1.73. The third kappa shape index (κ3) is 4.14. The third-order valence-corrected chi connectivity index (χ3v) is 6.63. The first-order valence-electron chi connectivity index (χ1n) is 9.39. The highest BCUT2D eigenvalue weighted by molar-refractivity contribution is 7.92. The molecule has 1 atom stereocenters. The average molecular weight is 403 g/mol. The van der Waals surface area contributed by atoms with Crippen molar-refractivity contribution in [2.75, 3.05) is 11.8 Å². The van der Waals surface area contributed by atoms with E-state index in [2.05, 4.69) is 10.0 Å². The van der Waals surface area contributed by atoms with E-state index in [1.165, 1.54) is 19.2 Å². The third-order valence-electron chi connectivity index (χ3n) is 5.23. The van der Waals surface area contributed by atoms with Crippen molar-refractivity contribution in [3.63, 3.8) is 0 Å². The number of hydrogen-bond donors (Lipinski definition) is 2. The molecule has 2 aromatic carbocycles. The summed E-state index contributed by atoms with van der Waals surface area (Å²) in [4.78, 5) is 12.8. The van der Waals surface area contributed by atoms with Gasteiger partial charge in [0.15, 0.2) is 0 Å². The van der Waals surface area contributed by atoms with Gasteiger partial charge in [-0.3, -0.25) is 9.52 Å². The van der Waals surface area contributed by atoms with Gasteiger partial charge in [-0.1, -0.05) is 19.1 Å². The first-order chi connectivity index (χ1) is 13.3. The summed E-state index contributed by atoms with van der Waals surface area (Å²) < 4.78 is 32.7. The molecule has 1 saturated carbocycles. The molecule has 0 heterocycles. The number of carbonyl (C=O) groups is 1. The van der Waals surface area contributed by atoms with Crippen LogP contribution in [0.25, 0.3) is 0 Å². The second kappa shape index (κ2) is 7.83. The number of carbonyl (C=O) groups excluding carboxylic acids is 1. The number of sulfonamides is 1. The van der Waals surface area contributed by atoms with Gasteiger partial charge in [-0.15, -0.1) is 0 Å². The zero-order valence-electron chi connectivity index (χ0n) is 16.4. The topological polar surface area (TPSA) is 84.5 Å². The largest absolute Gasteiger partial charge is 0.497 e. The summed E-state index contributed by atoms with van der Waals surface area (Å²) in [5.41, 5.74) is 0.898. The van der Waals surface area contributed by atoms with Crippen LogP contribution in [0, 0.1) is 0 Å². The Kier molecular flexibility index (Phi) is 5.65. The molecule has 28 heavy (non-hydrogen) atoms. The summed E-state index contributed by atoms with van der Waals surface area (Å²) in [6.07, 6.45) is 2.51. The molecule has 2 N–H and O–H groups in total. The predicted octanol–water partition coefficient (Wildman–Crippen LogP) is 3.44. The fraction of sp³-hybridized carbons (Fsp3) is 0.381. The van der Waals surface area contributed by atoms with E-state index < -0.39 is 15.4 Å². The van der Waals surface area contributed by atoms with Crippen LogP contribution in [0.1, 0.15) is 38.7 Å². The molecule has 7 heteroatoms. The lowest BCUT2D eigenvalue weighted by Crippen LogP contribution is -2.39. The molecular weight excluding hydrogens is 376 g/mol. The van der Waals surface area contributed by atoms with E-state index in [1.807, 2.05) is 26.0 Å². The van der Waals surface area contributed by atoms with E-state index in [0.717, 1.165) is 24.8 Å². The maximum Gasteiger partial charge on any atom is 0.261 e. The summed E-state index contributed by atoms with van der Waals surface area (Å²) in [6, 6.07) is 13.4. The summed E-state index contributed by atoms with van der Waals surface area (Å²) in [5.74, 6) is 0.641. The number of methoxy groups -OCH3 is 1. The summed E-state index contributed by atoms with van der Waals surface area (Å²) in [7, 11) is -2.16. The van der Waals surface area contributed by atoms with Crippen molar-refractivity contribution >= 4 is 21.6 Å². The van der Waals surface area contributed by atoms with Crippen LogP contribution in [-0.4, -0.2) is 27.5 Å². The van der Waals surface area contributed by atoms with Gasteiger partial charge in [-0.05, 0) is 68.1 Å². The van der Waals surface area contributed by atoms with E-state index in [-0.39, 0.29) is 16.8 Å². The molecule has 3 rings (SSSR count). The van der Waals surface area contributed by atoms with Crippen molar-refractivity contribution in [1.29, 1.82) is 0 Å². The number of hydrogen-bond acceptors (Lipinski definition) is 4. The maximum absolute atomic E-state index is 12.6. The van der Waals surface area contributed by atoms with Crippen molar-refractivity contribution in [2.45, 2.75) is 49.5 Å². The Morgan fingerprint density at radius 3 is 2.21 bits per heavy atom. The summed E-state index contributed by atoms with van der Waals surface area (Å²) in [6.45, 7) is 4.03. The molecule has 6 nitrogen and oxygen atoms in total. The molecule has 0 radical (unpaired) electrons. The average Bonchev–Trinajstić information content (AvgIpc) is 3.50. The lowest BCUT2D eigenvalue weighted by molar-refractivity contribution is -0.124. The smallest absolute Gasteiger partial charge is 0.261 e. The molecule has 1 fully saturated rings. The van der Waals surface area contributed by atoms with Gasteiger partial charge in [0.25, 0.3) is 10.0 Å². The number of amides is 1.